The van der Waals surface area contributed by atoms with Crippen LogP contribution in [0.5, 0.6) is 0 Å². The number of rotatable bonds is 7. The van der Waals surface area contributed by atoms with Gasteiger partial charge in [0.25, 0.3) is 0 Å². The second kappa shape index (κ2) is 6.33. The van der Waals surface area contributed by atoms with Crippen molar-refractivity contribution in [2.45, 2.75) is 32.3 Å². The summed E-state index contributed by atoms with van der Waals surface area (Å²) in [4.78, 5) is 8.55. The minimum Gasteiger partial charge on any atom is -0.391 e. The van der Waals surface area contributed by atoms with E-state index in [1.165, 1.54) is 0 Å². The molecule has 1 saturated carbocycles. The fourth-order valence-corrected chi connectivity index (χ4v) is 1.99. The van der Waals surface area contributed by atoms with Crippen LogP contribution in [0.1, 0.15) is 26.2 Å². The van der Waals surface area contributed by atoms with Crippen molar-refractivity contribution in [3.05, 3.63) is 10.7 Å². The average Bonchev–Trinajstić information content (AvgIpc) is 3.20. The summed E-state index contributed by atoms with van der Waals surface area (Å²) < 4.78 is 0.813. The molecular weight excluding hydrogens is 296 g/mol. The van der Waals surface area contributed by atoms with Crippen molar-refractivity contribution in [3.8, 4) is 0 Å². The molecule has 0 saturated heterocycles. The van der Waals surface area contributed by atoms with Crippen LogP contribution >= 0.6 is 15.9 Å². The summed E-state index contributed by atoms with van der Waals surface area (Å²) in [5.41, 5.74) is 0. The molecule has 18 heavy (non-hydrogen) atoms. The predicted molar refractivity (Wildman–Crippen MR) is 75.7 cm³/mol. The Morgan fingerprint density at radius 3 is 2.94 bits per heavy atom. The largest absolute Gasteiger partial charge is 0.391 e. The molecule has 0 amide bonds. The highest BCUT2D eigenvalue weighted by Crippen LogP contribution is 2.32. The zero-order valence-electron chi connectivity index (χ0n) is 10.5. The van der Waals surface area contributed by atoms with Gasteiger partial charge in [-0.2, -0.15) is 4.98 Å². The Hall–Kier alpha value is -0.880. The number of aliphatic hydroxyl groups is 1. The summed E-state index contributed by atoms with van der Waals surface area (Å²) in [5.74, 6) is 1.81. The number of hydrogen-bond donors (Lipinski definition) is 3. The van der Waals surface area contributed by atoms with Gasteiger partial charge in [-0.15, -0.1) is 0 Å². The Kier molecular flexibility index (Phi) is 4.77. The van der Waals surface area contributed by atoms with E-state index < -0.39 is 0 Å². The number of halogens is 1. The van der Waals surface area contributed by atoms with E-state index in [9.17, 15) is 5.11 Å². The number of anilines is 2. The van der Waals surface area contributed by atoms with Crippen molar-refractivity contribution in [1.82, 2.24) is 9.97 Å². The molecule has 1 atom stereocenters. The summed E-state index contributed by atoms with van der Waals surface area (Å²) in [6.45, 7) is 3.48. The van der Waals surface area contributed by atoms with Crippen LogP contribution in [0.3, 0.4) is 0 Å². The highest BCUT2D eigenvalue weighted by molar-refractivity contribution is 9.10. The van der Waals surface area contributed by atoms with E-state index in [2.05, 4.69) is 43.5 Å². The third kappa shape index (κ3) is 3.81. The normalized spacial score (nSPS) is 16.4. The molecule has 100 valence electrons. The van der Waals surface area contributed by atoms with Gasteiger partial charge in [-0.05, 0) is 41.1 Å². The lowest BCUT2D eigenvalue weighted by Crippen LogP contribution is -2.22. The summed E-state index contributed by atoms with van der Waals surface area (Å²) in [7, 11) is 0. The first kappa shape index (κ1) is 13.5. The summed E-state index contributed by atoms with van der Waals surface area (Å²) >= 11 is 3.40. The molecule has 1 aliphatic rings. The van der Waals surface area contributed by atoms with Gasteiger partial charge in [0.05, 0.1) is 10.6 Å². The lowest BCUT2D eigenvalue weighted by atomic mass is 10.2. The minimum absolute atomic E-state index is 0.279. The molecule has 0 bridgehead atoms. The van der Waals surface area contributed by atoms with Crippen LogP contribution in [0.2, 0.25) is 0 Å². The molecule has 6 heteroatoms. The van der Waals surface area contributed by atoms with Crippen molar-refractivity contribution < 1.29 is 5.11 Å². The van der Waals surface area contributed by atoms with E-state index in [1.54, 1.807) is 6.20 Å². The van der Waals surface area contributed by atoms with Gasteiger partial charge >= 0.3 is 0 Å². The molecular formula is C12H19BrN4O. The van der Waals surface area contributed by atoms with Gasteiger partial charge in [0.2, 0.25) is 5.95 Å². The monoisotopic (exact) mass is 314 g/mol. The first-order valence-electron chi connectivity index (χ1n) is 6.39. The van der Waals surface area contributed by atoms with E-state index >= 15 is 0 Å². The molecule has 1 aromatic heterocycles. The molecule has 1 fully saturated rings. The third-order valence-corrected chi connectivity index (χ3v) is 3.50. The van der Waals surface area contributed by atoms with Crippen LogP contribution in [0, 0.1) is 5.92 Å². The summed E-state index contributed by atoms with van der Waals surface area (Å²) in [6, 6.07) is 0. The maximum atomic E-state index is 9.82. The van der Waals surface area contributed by atoms with Gasteiger partial charge in [-0.1, -0.05) is 6.92 Å². The molecule has 0 aromatic carbocycles. The van der Waals surface area contributed by atoms with Gasteiger partial charge in [-0.25, -0.2) is 4.98 Å². The molecule has 2 rings (SSSR count). The molecule has 0 spiro atoms. The lowest BCUT2D eigenvalue weighted by molar-refractivity contribution is 0.164. The number of nitrogens with one attached hydrogen (secondary N) is 2. The van der Waals surface area contributed by atoms with E-state index in [-0.39, 0.29) is 6.10 Å². The first-order chi connectivity index (χ1) is 8.70. The van der Waals surface area contributed by atoms with Gasteiger partial charge in [0, 0.05) is 19.3 Å². The van der Waals surface area contributed by atoms with Gasteiger partial charge in [0.15, 0.2) is 0 Å². The van der Waals surface area contributed by atoms with Crippen LogP contribution in [-0.2, 0) is 0 Å². The quantitative estimate of drug-likeness (QED) is 0.720. The molecule has 1 aromatic rings. The smallest absolute Gasteiger partial charge is 0.224 e. The van der Waals surface area contributed by atoms with Crippen LogP contribution in [0.4, 0.5) is 11.8 Å². The number of aliphatic hydroxyl groups excluding tert-OH is 1. The van der Waals surface area contributed by atoms with Crippen molar-refractivity contribution >= 4 is 27.7 Å². The number of hydrogen-bond acceptors (Lipinski definition) is 5. The van der Waals surface area contributed by atoms with Crippen molar-refractivity contribution in [2.24, 2.45) is 5.92 Å². The van der Waals surface area contributed by atoms with Crippen molar-refractivity contribution in [2.75, 3.05) is 23.7 Å². The predicted octanol–water partition coefficient (Wildman–Crippen LogP) is 2.24. The van der Waals surface area contributed by atoms with E-state index in [4.69, 9.17) is 0 Å². The van der Waals surface area contributed by atoms with Crippen LogP contribution in [0.15, 0.2) is 10.7 Å². The van der Waals surface area contributed by atoms with E-state index in [1.807, 2.05) is 0 Å². The first-order valence-corrected chi connectivity index (χ1v) is 7.18. The average molecular weight is 315 g/mol. The minimum atomic E-state index is -0.279. The highest BCUT2D eigenvalue weighted by Gasteiger charge is 2.29. The Labute approximate surface area is 116 Å². The third-order valence-electron chi connectivity index (χ3n) is 2.92. The second-order valence-corrected chi connectivity index (χ2v) is 5.46. The fraction of sp³-hybridized carbons (Fsp3) is 0.667. The summed E-state index contributed by atoms with van der Waals surface area (Å²) in [6.07, 6.45) is 4.74. The fourth-order valence-electron chi connectivity index (χ4n) is 1.66. The maximum Gasteiger partial charge on any atom is 0.224 e. The van der Waals surface area contributed by atoms with Crippen molar-refractivity contribution in [3.63, 3.8) is 0 Å². The van der Waals surface area contributed by atoms with Crippen LogP contribution in [0.25, 0.3) is 0 Å². The molecule has 5 nitrogen and oxygen atoms in total. The molecule has 0 radical (unpaired) electrons. The highest BCUT2D eigenvalue weighted by atomic mass is 79.9. The van der Waals surface area contributed by atoms with E-state index in [0.717, 1.165) is 36.1 Å². The molecule has 0 aliphatic heterocycles. The topological polar surface area (TPSA) is 70.1 Å². The molecule has 1 heterocycles. The van der Waals surface area contributed by atoms with Crippen LogP contribution in [-0.4, -0.2) is 34.3 Å². The molecule has 1 unspecified atom stereocenters. The maximum absolute atomic E-state index is 9.82. The van der Waals surface area contributed by atoms with E-state index in [0.29, 0.717) is 18.4 Å². The summed E-state index contributed by atoms with van der Waals surface area (Å²) in [5, 5.41) is 16.1. The van der Waals surface area contributed by atoms with Gasteiger partial charge in [0.1, 0.15) is 5.82 Å². The standard InChI is InChI=1S/C12H19BrN4O/c1-2-5-14-12-16-6-9(13)11(17-12)15-7-10(18)8-3-4-8/h6,8,10,18H,2-5,7H2,1H3,(H2,14,15,16,17). The number of aromatic nitrogens is 2. The Bertz CT molecular complexity index is 398. The SMILES string of the molecule is CCCNc1ncc(Br)c(NCC(O)C2CC2)n1. The van der Waals surface area contributed by atoms with Gasteiger partial charge in [-0.3, -0.25) is 0 Å². The lowest BCUT2D eigenvalue weighted by Gasteiger charge is -2.13. The zero-order chi connectivity index (χ0) is 13.0. The molecule has 1 aliphatic carbocycles. The Balaban J connectivity index is 1.92. The van der Waals surface area contributed by atoms with Crippen molar-refractivity contribution in [1.29, 1.82) is 0 Å². The number of nitrogens with zero attached hydrogens (tertiary/aromatic N) is 2. The van der Waals surface area contributed by atoms with Gasteiger partial charge < -0.3 is 15.7 Å². The Morgan fingerprint density at radius 2 is 2.28 bits per heavy atom. The Morgan fingerprint density at radius 1 is 1.50 bits per heavy atom. The molecule has 3 N–H and O–H groups in total. The van der Waals surface area contributed by atoms with Crippen LogP contribution < -0.4 is 10.6 Å². The zero-order valence-corrected chi connectivity index (χ0v) is 12.1. The second-order valence-electron chi connectivity index (χ2n) is 4.60.